The summed E-state index contributed by atoms with van der Waals surface area (Å²) in [6.07, 6.45) is 3.01. The topological polar surface area (TPSA) is 59.6 Å². The number of hydrogen-bond acceptors (Lipinski definition) is 3. The van der Waals surface area contributed by atoms with Gasteiger partial charge in [-0.2, -0.15) is 5.10 Å². The zero-order valence-corrected chi connectivity index (χ0v) is 10.5. The van der Waals surface area contributed by atoms with Crippen molar-refractivity contribution in [2.75, 3.05) is 7.11 Å². The van der Waals surface area contributed by atoms with Gasteiger partial charge < -0.3 is 10.5 Å². The van der Waals surface area contributed by atoms with Gasteiger partial charge in [0, 0.05) is 11.1 Å². The maximum atomic E-state index is 5.37. The Morgan fingerprint density at radius 3 is 3.00 bits per heavy atom. The fourth-order valence-electron chi connectivity index (χ4n) is 2.09. The van der Waals surface area contributed by atoms with Crippen LogP contribution >= 0.6 is 12.2 Å². The molecule has 1 aromatic carbocycles. The van der Waals surface area contributed by atoms with Gasteiger partial charge >= 0.3 is 0 Å². The van der Waals surface area contributed by atoms with Crippen molar-refractivity contribution in [3.8, 4) is 5.75 Å². The number of nitrogens with zero attached hydrogens (tertiary/aromatic N) is 1. The highest BCUT2D eigenvalue weighted by molar-refractivity contribution is 7.80. The Morgan fingerprint density at radius 2 is 2.29 bits per heavy atom. The molecule has 0 bridgehead atoms. The largest absolute Gasteiger partial charge is 0.496 e. The third-order valence-corrected chi connectivity index (χ3v) is 2.90. The molecule has 3 N–H and O–H groups in total. The normalized spacial score (nSPS) is 16.4. The van der Waals surface area contributed by atoms with Crippen molar-refractivity contribution in [3.63, 3.8) is 0 Å². The van der Waals surface area contributed by atoms with E-state index < -0.39 is 0 Å². The summed E-state index contributed by atoms with van der Waals surface area (Å²) in [7, 11) is 1.69. The van der Waals surface area contributed by atoms with E-state index in [4.69, 9.17) is 22.7 Å². The van der Waals surface area contributed by atoms with Gasteiger partial charge in [0.2, 0.25) is 0 Å². The molecular weight excluding hydrogens is 234 g/mol. The second-order valence-electron chi connectivity index (χ2n) is 3.87. The summed E-state index contributed by atoms with van der Waals surface area (Å²) in [5.41, 5.74) is 11.3. The first-order valence-electron chi connectivity index (χ1n) is 5.50. The third kappa shape index (κ3) is 2.55. The molecule has 0 saturated carbocycles. The van der Waals surface area contributed by atoms with Gasteiger partial charge in [0.25, 0.3) is 0 Å². The molecule has 0 radical (unpaired) electrons. The van der Waals surface area contributed by atoms with Crippen LogP contribution in [0.4, 0.5) is 0 Å². The average molecular weight is 249 g/mol. The van der Waals surface area contributed by atoms with Crippen LogP contribution in [0.15, 0.2) is 23.3 Å². The molecule has 1 aliphatic rings. The molecule has 0 aromatic heterocycles. The maximum absolute atomic E-state index is 5.37. The SMILES string of the molecule is COc1cccc2c1CCC/C2=N\NC(N)=S. The van der Waals surface area contributed by atoms with Gasteiger partial charge in [-0.05, 0) is 37.5 Å². The van der Waals surface area contributed by atoms with Gasteiger partial charge in [-0.3, -0.25) is 5.43 Å². The van der Waals surface area contributed by atoms with Crippen LogP contribution in [0.3, 0.4) is 0 Å². The number of fused-ring (bicyclic) bond motifs is 1. The van der Waals surface area contributed by atoms with Gasteiger partial charge in [-0.1, -0.05) is 12.1 Å². The Bertz CT molecular complexity index is 471. The molecule has 5 heteroatoms. The van der Waals surface area contributed by atoms with Crippen LogP contribution in [0.1, 0.15) is 24.0 Å². The zero-order chi connectivity index (χ0) is 12.3. The Kier molecular flexibility index (Phi) is 3.58. The third-order valence-electron chi connectivity index (χ3n) is 2.81. The molecule has 0 spiro atoms. The fourth-order valence-corrected chi connectivity index (χ4v) is 2.14. The summed E-state index contributed by atoms with van der Waals surface area (Å²) in [6, 6.07) is 6.00. The van der Waals surface area contributed by atoms with Crippen LogP contribution in [0.25, 0.3) is 0 Å². The summed E-state index contributed by atoms with van der Waals surface area (Å²) in [6.45, 7) is 0. The quantitative estimate of drug-likeness (QED) is 0.617. The van der Waals surface area contributed by atoms with E-state index in [2.05, 4.69) is 16.6 Å². The van der Waals surface area contributed by atoms with Crippen LogP contribution in [0.2, 0.25) is 0 Å². The summed E-state index contributed by atoms with van der Waals surface area (Å²) in [5.74, 6) is 0.922. The number of hydrazone groups is 1. The predicted molar refractivity (Wildman–Crippen MR) is 72.4 cm³/mol. The van der Waals surface area contributed by atoms with Gasteiger partial charge in [0.1, 0.15) is 5.75 Å². The molecule has 1 aliphatic carbocycles. The predicted octanol–water partition coefficient (Wildman–Crippen LogP) is 1.57. The first-order chi connectivity index (χ1) is 8.22. The number of thiocarbonyl (C=S) groups is 1. The van der Waals surface area contributed by atoms with Crippen LogP contribution < -0.4 is 15.9 Å². The van der Waals surface area contributed by atoms with Crippen LogP contribution in [0, 0.1) is 0 Å². The summed E-state index contributed by atoms with van der Waals surface area (Å²) >= 11 is 4.75. The van der Waals surface area contributed by atoms with E-state index in [-0.39, 0.29) is 5.11 Å². The number of hydrogen-bond donors (Lipinski definition) is 2. The van der Waals surface area contributed by atoms with Gasteiger partial charge in [-0.15, -0.1) is 0 Å². The van der Waals surface area contributed by atoms with E-state index in [0.29, 0.717) is 0 Å². The van der Waals surface area contributed by atoms with Crippen molar-refractivity contribution in [2.24, 2.45) is 10.8 Å². The molecule has 0 amide bonds. The minimum absolute atomic E-state index is 0.188. The van der Waals surface area contributed by atoms with E-state index in [1.54, 1.807) is 7.11 Å². The van der Waals surface area contributed by atoms with Crippen molar-refractivity contribution < 1.29 is 4.74 Å². The molecule has 90 valence electrons. The van der Waals surface area contributed by atoms with E-state index in [9.17, 15) is 0 Å². The molecule has 0 aliphatic heterocycles. The molecule has 1 aromatic rings. The lowest BCUT2D eigenvalue weighted by Crippen LogP contribution is -2.26. The Morgan fingerprint density at radius 1 is 1.47 bits per heavy atom. The van der Waals surface area contributed by atoms with Crippen molar-refractivity contribution in [2.45, 2.75) is 19.3 Å². The first-order valence-corrected chi connectivity index (χ1v) is 5.91. The van der Waals surface area contributed by atoms with Gasteiger partial charge in [-0.25, -0.2) is 0 Å². The highest BCUT2D eigenvalue weighted by Gasteiger charge is 2.18. The zero-order valence-electron chi connectivity index (χ0n) is 9.69. The lowest BCUT2D eigenvalue weighted by atomic mass is 9.89. The highest BCUT2D eigenvalue weighted by atomic mass is 32.1. The van der Waals surface area contributed by atoms with Crippen molar-refractivity contribution >= 4 is 23.0 Å². The lowest BCUT2D eigenvalue weighted by molar-refractivity contribution is 0.408. The Balaban J connectivity index is 2.38. The second-order valence-corrected chi connectivity index (χ2v) is 4.31. The average Bonchev–Trinajstić information content (AvgIpc) is 2.35. The Hall–Kier alpha value is -1.62. The second kappa shape index (κ2) is 5.14. The smallest absolute Gasteiger partial charge is 0.184 e. The highest BCUT2D eigenvalue weighted by Crippen LogP contribution is 2.29. The summed E-state index contributed by atoms with van der Waals surface area (Å²) < 4.78 is 5.36. The van der Waals surface area contributed by atoms with Gasteiger partial charge in [0.15, 0.2) is 5.11 Å². The van der Waals surface area contributed by atoms with E-state index in [1.165, 1.54) is 5.56 Å². The monoisotopic (exact) mass is 249 g/mol. The van der Waals surface area contributed by atoms with E-state index in [1.807, 2.05) is 12.1 Å². The molecule has 2 rings (SSSR count). The van der Waals surface area contributed by atoms with Crippen LogP contribution in [-0.2, 0) is 6.42 Å². The molecular formula is C12H15N3OS. The number of nitrogens with one attached hydrogen (secondary N) is 1. The van der Waals surface area contributed by atoms with Crippen LogP contribution in [0.5, 0.6) is 5.75 Å². The van der Waals surface area contributed by atoms with Crippen molar-refractivity contribution in [3.05, 3.63) is 29.3 Å². The number of rotatable bonds is 2. The van der Waals surface area contributed by atoms with Crippen molar-refractivity contribution in [1.82, 2.24) is 5.43 Å². The van der Waals surface area contributed by atoms with E-state index in [0.717, 1.165) is 36.3 Å². The maximum Gasteiger partial charge on any atom is 0.184 e. The fraction of sp³-hybridized carbons (Fsp3) is 0.333. The van der Waals surface area contributed by atoms with Gasteiger partial charge in [0.05, 0.1) is 12.8 Å². The number of ether oxygens (including phenoxy) is 1. The van der Waals surface area contributed by atoms with Crippen molar-refractivity contribution in [1.29, 1.82) is 0 Å². The molecule has 17 heavy (non-hydrogen) atoms. The number of methoxy groups -OCH3 is 1. The summed E-state index contributed by atoms with van der Waals surface area (Å²) in [4.78, 5) is 0. The summed E-state index contributed by atoms with van der Waals surface area (Å²) in [5, 5.41) is 4.43. The molecule has 0 unspecified atom stereocenters. The minimum Gasteiger partial charge on any atom is -0.496 e. The molecule has 0 fully saturated rings. The van der Waals surface area contributed by atoms with E-state index >= 15 is 0 Å². The Labute approximate surface area is 106 Å². The number of benzene rings is 1. The minimum atomic E-state index is 0.188. The number of nitrogens with two attached hydrogens (primary N) is 1. The molecule has 4 nitrogen and oxygen atoms in total. The molecule has 0 heterocycles. The lowest BCUT2D eigenvalue weighted by Gasteiger charge is -2.20. The van der Waals surface area contributed by atoms with Crippen LogP contribution in [-0.4, -0.2) is 17.9 Å². The first kappa shape index (κ1) is 11.9. The standard InChI is InChI=1S/C12H15N3OS/c1-16-11-7-3-4-8-9(11)5-2-6-10(8)14-15-12(13)17/h3-4,7H,2,5-6H2,1H3,(H3,13,15,17)/b14-10+. The molecule has 0 atom stereocenters. The molecule has 0 saturated heterocycles.